The van der Waals surface area contributed by atoms with Gasteiger partial charge in [0.1, 0.15) is 5.75 Å². The van der Waals surface area contributed by atoms with Crippen molar-refractivity contribution in [3.63, 3.8) is 0 Å². The van der Waals surface area contributed by atoms with Crippen molar-refractivity contribution in [2.75, 3.05) is 19.6 Å². The largest absolute Gasteiger partial charge is 0.478 e. The summed E-state index contributed by atoms with van der Waals surface area (Å²) in [5.41, 5.74) is 1.98. The van der Waals surface area contributed by atoms with Crippen LogP contribution in [-0.4, -0.2) is 47.0 Å². The maximum absolute atomic E-state index is 12.9. The van der Waals surface area contributed by atoms with Crippen molar-refractivity contribution in [2.24, 2.45) is 0 Å². The molecule has 0 aromatic heterocycles. The van der Waals surface area contributed by atoms with Crippen molar-refractivity contribution in [1.82, 2.24) is 9.80 Å². The van der Waals surface area contributed by atoms with E-state index in [9.17, 15) is 4.79 Å². The molecule has 0 spiro atoms. The first-order valence-corrected chi connectivity index (χ1v) is 9.85. The first-order valence-electron chi connectivity index (χ1n) is 9.47. The van der Waals surface area contributed by atoms with E-state index in [0.717, 1.165) is 32.6 Å². The molecule has 2 heterocycles. The van der Waals surface area contributed by atoms with Gasteiger partial charge in [-0.15, -0.1) is 0 Å². The second kappa shape index (κ2) is 7.17. The average molecular weight is 385 g/mol. The normalized spacial score (nSPS) is 18.0. The van der Waals surface area contributed by atoms with Gasteiger partial charge in [-0.25, -0.2) is 0 Å². The van der Waals surface area contributed by atoms with E-state index >= 15 is 0 Å². The van der Waals surface area contributed by atoms with Crippen molar-refractivity contribution in [2.45, 2.75) is 38.5 Å². The monoisotopic (exact) mass is 384 g/mol. The van der Waals surface area contributed by atoms with Crippen LogP contribution >= 0.6 is 11.6 Å². The summed E-state index contributed by atoms with van der Waals surface area (Å²) in [5.74, 6) is 0.688. The van der Waals surface area contributed by atoms with Crippen LogP contribution in [0, 0.1) is 0 Å². The number of rotatable bonds is 4. The fraction of sp³-hybridized carbons (Fsp3) is 0.409. The second-order valence-corrected chi connectivity index (χ2v) is 8.36. The summed E-state index contributed by atoms with van der Waals surface area (Å²) in [6.45, 7) is 7.24. The first-order chi connectivity index (χ1) is 12.9. The third kappa shape index (κ3) is 3.83. The molecule has 1 amide bonds. The molecule has 2 aromatic rings. The fourth-order valence-corrected chi connectivity index (χ4v) is 4.03. The van der Waals surface area contributed by atoms with Crippen LogP contribution in [0.1, 0.15) is 25.0 Å². The molecule has 0 radical (unpaired) electrons. The van der Waals surface area contributed by atoms with Crippen LogP contribution in [-0.2, 0) is 17.8 Å². The number of hydrogen-bond acceptors (Lipinski definition) is 3. The Morgan fingerprint density at radius 1 is 1.07 bits per heavy atom. The summed E-state index contributed by atoms with van der Waals surface area (Å²) >= 11 is 5.91. The third-order valence-electron chi connectivity index (χ3n) is 5.53. The van der Waals surface area contributed by atoms with Gasteiger partial charge in [-0.2, -0.15) is 0 Å². The Hall–Kier alpha value is -2.04. The summed E-state index contributed by atoms with van der Waals surface area (Å²) in [6.07, 6.45) is 1.09. The zero-order chi connectivity index (χ0) is 19.0. The number of ether oxygens (including phenoxy) is 1. The lowest BCUT2D eigenvalue weighted by atomic mass is 9.95. The Morgan fingerprint density at radius 3 is 2.44 bits per heavy atom. The molecule has 0 N–H and O–H groups in total. The highest BCUT2D eigenvalue weighted by Crippen LogP contribution is 2.28. The van der Waals surface area contributed by atoms with E-state index in [2.05, 4.69) is 29.2 Å². The number of likely N-dealkylation sites (tertiary alicyclic amines) is 1. The van der Waals surface area contributed by atoms with Gasteiger partial charge >= 0.3 is 0 Å². The lowest BCUT2D eigenvalue weighted by Gasteiger charge is -2.48. The minimum atomic E-state index is -0.896. The molecule has 142 valence electrons. The van der Waals surface area contributed by atoms with Gasteiger partial charge in [-0.3, -0.25) is 9.69 Å². The quantitative estimate of drug-likeness (QED) is 0.804. The molecule has 2 aromatic carbocycles. The molecule has 0 bridgehead atoms. The maximum Gasteiger partial charge on any atom is 0.266 e. The van der Waals surface area contributed by atoms with Crippen molar-refractivity contribution in [1.29, 1.82) is 0 Å². The van der Waals surface area contributed by atoms with E-state index < -0.39 is 5.60 Å². The number of hydrogen-bond donors (Lipinski definition) is 0. The van der Waals surface area contributed by atoms with Crippen LogP contribution in [0.2, 0.25) is 5.02 Å². The van der Waals surface area contributed by atoms with Crippen LogP contribution in [0.5, 0.6) is 5.75 Å². The number of halogens is 1. The van der Waals surface area contributed by atoms with E-state index in [1.54, 1.807) is 24.3 Å². The zero-order valence-corrected chi connectivity index (χ0v) is 16.6. The number of amides is 1. The summed E-state index contributed by atoms with van der Waals surface area (Å²) in [7, 11) is 0. The van der Waals surface area contributed by atoms with Crippen LogP contribution in [0.4, 0.5) is 0 Å². The van der Waals surface area contributed by atoms with E-state index in [-0.39, 0.29) is 5.91 Å². The number of benzene rings is 2. The van der Waals surface area contributed by atoms with E-state index in [0.29, 0.717) is 16.8 Å². The molecule has 5 heteroatoms. The SMILES string of the molecule is CC(C)(Oc1ccc(Cl)cc1)C(=O)N1CC(N2CCc3ccccc3C2)C1. The van der Waals surface area contributed by atoms with E-state index in [1.807, 2.05) is 18.7 Å². The van der Waals surface area contributed by atoms with Crippen molar-refractivity contribution < 1.29 is 9.53 Å². The third-order valence-corrected chi connectivity index (χ3v) is 5.78. The molecule has 4 rings (SSSR count). The molecule has 2 aliphatic rings. The van der Waals surface area contributed by atoms with Gasteiger partial charge in [0.05, 0.1) is 0 Å². The molecule has 0 atom stereocenters. The van der Waals surface area contributed by atoms with Crippen LogP contribution in [0.25, 0.3) is 0 Å². The molecule has 1 fully saturated rings. The van der Waals surface area contributed by atoms with Crippen LogP contribution in [0.3, 0.4) is 0 Å². The Balaban J connectivity index is 1.33. The smallest absolute Gasteiger partial charge is 0.266 e. The van der Waals surface area contributed by atoms with E-state index in [1.165, 1.54) is 11.1 Å². The van der Waals surface area contributed by atoms with Crippen LogP contribution in [0.15, 0.2) is 48.5 Å². The van der Waals surface area contributed by atoms with Crippen molar-refractivity contribution in [3.8, 4) is 5.75 Å². The minimum absolute atomic E-state index is 0.0334. The Morgan fingerprint density at radius 2 is 1.74 bits per heavy atom. The topological polar surface area (TPSA) is 32.8 Å². The highest BCUT2D eigenvalue weighted by Gasteiger charge is 2.42. The first kappa shape index (κ1) is 18.3. The zero-order valence-electron chi connectivity index (χ0n) is 15.8. The highest BCUT2D eigenvalue weighted by atomic mass is 35.5. The standard InChI is InChI=1S/C22H25ClN2O2/c1-22(2,27-20-9-7-18(23)8-10-20)21(26)25-14-19(15-25)24-12-11-16-5-3-4-6-17(16)13-24/h3-10,19H,11-15H2,1-2H3. The Kier molecular flexibility index (Phi) is 4.87. The van der Waals surface area contributed by atoms with Gasteiger partial charge in [0, 0.05) is 37.2 Å². The molecule has 0 saturated carbocycles. The van der Waals surface area contributed by atoms with Gasteiger partial charge in [0.25, 0.3) is 5.91 Å². The molecule has 1 saturated heterocycles. The summed E-state index contributed by atoms with van der Waals surface area (Å²) < 4.78 is 5.94. The number of carbonyl (C=O) groups is 1. The summed E-state index contributed by atoms with van der Waals surface area (Å²) in [6, 6.07) is 16.2. The van der Waals surface area contributed by atoms with Crippen molar-refractivity contribution >= 4 is 17.5 Å². The fourth-order valence-electron chi connectivity index (χ4n) is 3.90. The van der Waals surface area contributed by atoms with Gasteiger partial charge in [-0.05, 0) is 55.7 Å². The summed E-state index contributed by atoms with van der Waals surface area (Å²) in [4.78, 5) is 17.3. The lowest BCUT2D eigenvalue weighted by molar-refractivity contribution is -0.153. The number of carbonyl (C=O) groups excluding carboxylic acids is 1. The van der Waals surface area contributed by atoms with Crippen molar-refractivity contribution in [3.05, 3.63) is 64.7 Å². The molecule has 0 aliphatic carbocycles. The van der Waals surface area contributed by atoms with Crippen LogP contribution < -0.4 is 4.74 Å². The maximum atomic E-state index is 12.9. The summed E-state index contributed by atoms with van der Waals surface area (Å²) in [5, 5.41) is 0.653. The van der Waals surface area contributed by atoms with Gasteiger partial charge < -0.3 is 9.64 Å². The van der Waals surface area contributed by atoms with Gasteiger partial charge in [0.15, 0.2) is 5.60 Å². The lowest BCUT2D eigenvalue weighted by Crippen LogP contribution is -2.65. The molecular weight excluding hydrogens is 360 g/mol. The van der Waals surface area contributed by atoms with E-state index in [4.69, 9.17) is 16.3 Å². The average Bonchev–Trinajstić information content (AvgIpc) is 2.62. The predicted octanol–water partition coefficient (Wildman–Crippen LogP) is 3.77. The number of nitrogens with zero attached hydrogens (tertiary/aromatic N) is 2. The number of fused-ring (bicyclic) bond motifs is 1. The second-order valence-electron chi connectivity index (χ2n) is 7.92. The molecule has 4 nitrogen and oxygen atoms in total. The molecule has 27 heavy (non-hydrogen) atoms. The van der Waals surface area contributed by atoms with Gasteiger partial charge in [-0.1, -0.05) is 35.9 Å². The van der Waals surface area contributed by atoms with Gasteiger partial charge in [0.2, 0.25) is 0 Å². The Labute approximate surface area is 165 Å². The molecule has 0 unspecified atom stereocenters. The minimum Gasteiger partial charge on any atom is -0.478 e. The highest BCUT2D eigenvalue weighted by molar-refractivity contribution is 6.30. The predicted molar refractivity (Wildman–Crippen MR) is 107 cm³/mol. The molecular formula is C22H25ClN2O2. The molecule has 2 aliphatic heterocycles. The Bertz CT molecular complexity index is 828.